The van der Waals surface area contributed by atoms with E-state index in [4.69, 9.17) is 0 Å². The van der Waals surface area contributed by atoms with Gasteiger partial charge in [-0.05, 0) is 43.7 Å². The van der Waals surface area contributed by atoms with Gasteiger partial charge in [-0.25, -0.2) is 26.0 Å². The smallest absolute Gasteiger partial charge is 0.322 e. The third-order valence-corrected chi connectivity index (χ3v) is 8.53. The molecule has 2 aromatic carbocycles. The fourth-order valence-corrected chi connectivity index (χ4v) is 6.03. The number of hydrogen-bond donors (Lipinski definition) is 3. The molecule has 12 heteroatoms. The second kappa shape index (κ2) is 10.0. The zero-order valence-corrected chi connectivity index (χ0v) is 20.9. The van der Waals surface area contributed by atoms with Crippen molar-refractivity contribution in [3.05, 3.63) is 86.9 Å². The SMILES string of the molecule is Cc1ccc(C#Cc2ccc(S(=O)(=O)NC(Cc3c(C)[nH]c4c(F)c(F)c(F)c(F)c34)C(=O)O)s2)cc1. The Morgan fingerprint density at radius 1 is 1.00 bits per heavy atom. The molecule has 0 aliphatic heterocycles. The van der Waals surface area contributed by atoms with Crippen molar-refractivity contribution in [2.75, 3.05) is 0 Å². The number of nitrogens with one attached hydrogen (secondary N) is 2. The van der Waals surface area contributed by atoms with Gasteiger partial charge in [-0.15, -0.1) is 11.3 Å². The maximum Gasteiger partial charge on any atom is 0.322 e. The van der Waals surface area contributed by atoms with Gasteiger partial charge in [0.05, 0.1) is 10.4 Å². The molecule has 0 aliphatic carbocycles. The molecule has 0 amide bonds. The third kappa shape index (κ3) is 5.24. The van der Waals surface area contributed by atoms with Gasteiger partial charge in [-0.2, -0.15) is 4.72 Å². The van der Waals surface area contributed by atoms with Crippen LogP contribution in [0, 0.1) is 49.0 Å². The molecule has 1 atom stereocenters. The van der Waals surface area contributed by atoms with Crippen LogP contribution in [-0.4, -0.2) is 30.5 Å². The molecule has 4 aromatic rings. The first-order valence-corrected chi connectivity index (χ1v) is 13.0. The zero-order chi connectivity index (χ0) is 27.1. The van der Waals surface area contributed by atoms with Crippen LogP contribution < -0.4 is 4.72 Å². The highest BCUT2D eigenvalue weighted by Crippen LogP contribution is 2.32. The predicted molar refractivity (Wildman–Crippen MR) is 130 cm³/mol. The summed E-state index contributed by atoms with van der Waals surface area (Å²) in [6, 6.07) is 8.28. The minimum absolute atomic E-state index is 0.0213. The van der Waals surface area contributed by atoms with E-state index >= 15 is 0 Å². The van der Waals surface area contributed by atoms with Gasteiger partial charge >= 0.3 is 5.97 Å². The monoisotopic (exact) mass is 550 g/mol. The van der Waals surface area contributed by atoms with Crippen LogP contribution in [0.4, 0.5) is 17.6 Å². The van der Waals surface area contributed by atoms with Crippen LogP contribution in [0.25, 0.3) is 10.9 Å². The molecule has 0 saturated heterocycles. The number of aryl methyl sites for hydroxylation is 2. The quantitative estimate of drug-likeness (QED) is 0.139. The van der Waals surface area contributed by atoms with E-state index in [1.54, 1.807) is 0 Å². The van der Waals surface area contributed by atoms with E-state index in [2.05, 4.69) is 16.8 Å². The molecule has 0 bridgehead atoms. The van der Waals surface area contributed by atoms with Crippen molar-refractivity contribution in [1.82, 2.24) is 9.71 Å². The van der Waals surface area contributed by atoms with Crippen LogP contribution >= 0.6 is 11.3 Å². The van der Waals surface area contributed by atoms with Crippen LogP contribution in [-0.2, 0) is 21.2 Å². The molecule has 0 radical (unpaired) electrons. The van der Waals surface area contributed by atoms with Gasteiger partial charge in [0.2, 0.25) is 0 Å². The Hall–Kier alpha value is -3.66. The van der Waals surface area contributed by atoms with Crippen molar-refractivity contribution in [2.45, 2.75) is 30.5 Å². The molecule has 1 unspecified atom stereocenters. The fraction of sp³-hybridized carbons (Fsp3) is 0.160. The van der Waals surface area contributed by atoms with Crippen LogP contribution in [0.5, 0.6) is 0 Å². The highest BCUT2D eigenvalue weighted by Gasteiger charge is 2.31. The minimum atomic E-state index is -4.37. The molecule has 192 valence electrons. The Labute approximate surface area is 213 Å². The van der Waals surface area contributed by atoms with E-state index in [0.29, 0.717) is 4.88 Å². The maximum atomic E-state index is 14.5. The number of H-pyrrole nitrogens is 1. The van der Waals surface area contributed by atoms with Gasteiger partial charge in [-0.1, -0.05) is 29.5 Å². The van der Waals surface area contributed by atoms with E-state index < -0.39 is 62.6 Å². The first-order chi connectivity index (χ1) is 17.4. The van der Waals surface area contributed by atoms with Crippen molar-refractivity contribution >= 4 is 38.2 Å². The van der Waals surface area contributed by atoms with Gasteiger partial charge in [0.25, 0.3) is 10.0 Å². The molecule has 37 heavy (non-hydrogen) atoms. The highest BCUT2D eigenvalue weighted by molar-refractivity contribution is 7.91. The van der Waals surface area contributed by atoms with E-state index in [-0.39, 0.29) is 15.5 Å². The van der Waals surface area contributed by atoms with E-state index in [1.165, 1.54) is 19.1 Å². The summed E-state index contributed by atoms with van der Waals surface area (Å²) in [7, 11) is -4.37. The number of sulfonamides is 1. The van der Waals surface area contributed by atoms with Crippen molar-refractivity contribution < 1.29 is 35.9 Å². The predicted octanol–water partition coefficient (Wildman–Crippen LogP) is 4.78. The first kappa shape index (κ1) is 26.4. The standard InChI is InChI=1S/C25H18F4N2O4S2/c1-12-3-5-14(6-4-12)7-8-15-9-10-18(36-15)37(34,35)31-17(25(32)33)11-16-13(2)30-24-19(16)20(26)21(27)22(28)23(24)29/h3-6,9-10,17,30-31H,11H2,1-2H3,(H,32,33). The normalized spacial score (nSPS) is 12.4. The summed E-state index contributed by atoms with van der Waals surface area (Å²) >= 11 is 0.814. The highest BCUT2D eigenvalue weighted by atomic mass is 32.2. The van der Waals surface area contributed by atoms with Crippen LogP contribution in [0.3, 0.4) is 0 Å². The molecule has 3 N–H and O–H groups in total. The molecule has 0 spiro atoms. The summed E-state index contributed by atoms with van der Waals surface area (Å²) in [5, 5.41) is 8.95. The van der Waals surface area contributed by atoms with Gasteiger partial charge < -0.3 is 10.1 Å². The Morgan fingerprint density at radius 3 is 2.30 bits per heavy atom. The summed E-state index contributed by atoms with van der Waals surface area (Å²) in [4.78, 5) is 14.7. The Kier molecular flexibility index (Phi) is 7.14. The Morgan fingerprint density at radius 2 is 1.65 bits per heavy atom. The molecule has 6 nitrogen and oxygen atoms in total. The van der Waals surface area contributed by atoms with Crippen molar-refractivity contribution in [3.8, 4) is 11.8 Å². The number of thiophene rings is 1. The van der Waals surface area contributed by atoms with E-state index in [9.17, 15) is 35.9 Å². The lowest BCUT2D eigenvalue weighted by Crippen LogP contribution is -2.42. The Balaban J connectivity index is 1.62. The van der Waals surface area contributed by atoms with E-state index in [0.717, 1.165) is 22.5 Å². The molecule has 0 fully saturated rings. The lowest BCUT2D eigenvalue weighted by molar-refractivity contribution is -0.138. The Bertz CT molecular complexity index is 1700. The van der Waals surface area contributed by atoms with E-state index in [1.807, 2.05) is 35.9 Å². The van der Waals surface area contributed by atoms with Crippen LogP contribution in [0.1, 0.15) is 27.3 Å². The number of benzene rings is 2. The number of aromatic amines is 1. The van der Waals surface area contributed by atoms with Gasteiger partial charge in [0, 0.05) is 23.1 Å². The number of halogens is 4. The van der Waals surface area contributed by atoms with Gasteiger partial charge in [0.1, 0.15) is 10.3 Å². The first-order valence-electron chi connectivity index (χ1n) is 10.7. The minimum Gasteiger partial charge on any atom is -0.480 e. The zero-order valence-electron chi connectivity index (χ0n) is 19.2. The number of carboxylic acid groups (broad SMARTS) is 1. The topological polar surface area (TPSA) is 99.3 Å². The molecular formula is C25H18F4N2O4S2. The number of aliphatic carboxylic acids is 1. The number of rotatable bonds is 6. The average Bonchev–Trinajstić information content (AvgIpc) is 3.46. The lowest BCUT2D eigenvalue weighted by Gasteiger charge is -2.14. The summed E-state index contributed by atoms with van der Waals surface area (Å²) in [6.07, 6.45) is -0.673. The summed E-state index contributed by atoms with van der Waals surface area (Å²) in [5.74, 6) is -3.33. The fourth-order valence-electron chi connectivity index (χ4n) is 3.67. The molecule has 2 heterocycles. The second-order valence-electron chi connectivity index (χ2n) is 8.19. The van der Waals surface area contributed by atoms with Crippen LogP contribution in [0.15, 0.2) is 40.6 Å². The van der Waals surface area contributed by atoms with Crippen molar-refractivity contribution in [2.24, 2.45) is 0 Å². The molecule has 4 rings (SSSR count). The van der Waals surface area contributed by atoms with Crippen molar-refractivity contribution in [3.63, 3.8) is 0 Å². The third-order valence-electron chi connectivity index (χ3n) is 5.57. The van der Waals surface area contributed by atoms with Crippen LogP contribution in [0.2, 0.25) is 0 Å². The largest absolute Gasteiger partial charge is 0.480 e. The van der Waals surface area contributed by atoms with Crippen molar-refractivity contribution in [1.29, 1.82) is 0 Å². The number of hydrogen-bond acceptors (Lipinski definition) is 4. The van der Waals surface area contributed by atoms with Gasteiger partial charge in [0.15, 0.2) is 23.3 Å². The molecule has 0 aliphatic rings. The molecule has 0 saturated carbocycles. The number of carbonyl (C=O) groups is 1. The molecular weight excluding hydrogens is 532 g/mol. The number of aromatic nitrogens is 1. The lowest BCUT2D eigenvalue weighted by atomic mass is 10.0. The average molecular weight is 551 g/mol. The van der Waals surface area contributed by atoms with Gasteiger partial charge in [-0.3, -0.25) is 4.79 Å². The molecule has 2 aromatic heterocycles. The maximum absolute atomic E-state index is 14.5. The number of fused-ring (bicyclic) bond motifs is 1. The summed E-state index contributed by atoms with van der Waals surface area (Å²) in [6.45, 7) is 3.24. The second-order valence-corrected chi connectivity index (χ2v) is 11.2. The summed E-state index contributed by atoms with van der Waals surface area (Å²) in [5.41, 5.74) is 0.902. The summed E-state index contributed by atoms with van der Waals surface area (Å²) < 4.78 is 83.8. The number of carboxylic acids is 1.